The molecular weight excluding hydrogens is 180 g/mol. The quantitative estimate of drug-likeness (QED) is 0.555. The van der Waals surface area contributed by atoms with Crippen LogP contribution in [0.25, 0.3) is 0 Å². The monoisotopic (exact) mass is 194 g/mol. The van der Waals surface area contributed by atoms with E-state index in [1.54, 1.807) is 6.92 Å². The van der Waals surface area contributed by atoms with Crippen molar-refractivity contribution >= 4 is 15.9 Å². The van der Waals surface area contributed by atoms with Gasteiger partial charge in [0.1, 0.15) is 0 Å². The first-order valence-corrected chi connectivity index (χ1v) is 5.56. The lowest BCUT2D eigenvalue weighted by Crippen LogP contribution is -2.33. The lowest BCUT2D eigenvalue weighted by Gasteiger charge is -2.03. The predicted molar refractivity (Wildman–Crippen MR) is 46.1 cm³/mol. The predicted octanol–water partition coefficient (Wildman–Crippen LogP) is -0.938. The van der Waals surface area contributed by atoms with Gasteiger partial charge in [-0.1, -0.05) is 6.92 Å². The summed E-state index contributed by atoms with van der Waals surface area (Å²) in [7, 11) is -3.13. The normalized spacial score (nSPS) is 11.2. The molecule has 72 valence electrons. The van der Waals surface area contributed by atoms with Crippen LogP contribution in [-0.2, 0) is 14.8 Å². The lowest BCUT2D eigenvalue weighted by atomic mass is 10.4. The molecule has 2 N–H and O–H groups in total. The van der Waals surface area contributed by atoms with Gasteiger partial charge in [-0.3, -0.25) is 4.79 Å². The molecule has 0 unspecified atom stereocenters. The van der Waals surface area contributed by atoms with Crippen LogP contribution < -0.4 is 10.0 Å². The lowest BCUT2D eigenvalue weighted by molar-refractivity contribution is -0.120. The van der Waals surface area contributed by atoms with Gasteiger partial charge in [-0.25, -0.2) is 13.1 Å². The van der Waals surface area contributed by atoms with E-state index < -0.39 is 10.0 Å². The molecule has 5 nitrogen and oxygen atoms in total. The van der Waals surface area contributed by atoms with Crippen molar-refractivity contribution in [3.63, 3.8) is 0 Å². The van der Waals surface area contributed by atoms with Gasteiger partial charge in [-0.15, -0.1) is 0 Å². The highest BCUT2D eigenvalue weighted by molar-refractivity contribution is 7.88. The van der Waals surface area contributed by atoms with Gasteiger partial charge < -0.3 is 5.32 Å². The summed E-state index contributed by atoms with van der Waals surface area (Å²) in [6, 6.07) is 0. The minimum absolute atomic E-state index is 0.0784. The molecule has 0 spiro atoms. The second kappa shape index (κ2) is 5.10. The number of sulfonamides is 1. The van der Waals surface area contributed by atoms with Crippen molar-refractivity contribution in [1.82, 2.24) is 10.0 Å². The first-order valence-electron chi connectivity index (χ1n) is 3.67. The first kappa shape index (κ1) is 11.4. The Hall–Kier alpha value is -0.620. The summed E-state index contributed by atoms with van der Waals surface area (Å²) in [6.07, 6.45) is 1.49. The van der Waals surface area contributed by atoms with Gasteiger partial charge in [0, 0.05) is 19.5 Å². The van der Waals surface area contributed by atoms with Gasteiger partial charge in [0.15, 0.2) is 0 Å². The zero-order valence-electron chi connectivity index (χ0n) is 7.25. The van der Waals surface area contributed by atoms with E-state index in [2.05, 4.69) is 10.0 Å². The Kier molecular flexibility index (Phi) is 4.84. The fraction of sp³-hybridized carbons (Fsp3) is 0.833. The Morgan fingerprint density at radius 1 is 1.33 bits per heavy atom. The topological polar surface area (TPSA) is 75.3 Å². The van der Waals surface area contributed by atoms with Gasteiger partial charge in [-0.2, -0.15) is 0 Å². The SMILES string of the molecule is CCC(=O)NCCNS(C)(=O)=O. The maximum Gasteiger partial charge on any atom is 0.219 e. The number of carbonyl (C=O) groups is 1. The molecule has 6 heteroatoms. The third-order valence-electron chi connectivity index (χ3n) is 1.13. The average molecular weight is 194 g/mol. The molecule has 0 saturated carbocycles. The first-order chi connectivity index (χ1) is 5.45. The number of hydrogen-bond acceptors (Lipinski definition) is 3. The third kappa shape index (κ3) is 7.49. The molecule has 0 rings (SSSR count). The minimum Gasteiger partial charge on any atom is -0.355 e. The van der Waals surface area contributed by atoms with Gasteiger partial charge >= 0.3 is 0 Å². The Bertz CT molecular complexity index is 235. The maximum absolute atomic E-state index is 10.6. The Balaban J connectivity index is 3.40. The molecular formula is C6H14N2O3S. The summed E-state index contributed by atoms with van der Waals surface area (Å²) >= 11 is 0. The Morgan fingerprint density at radius 3 is 2.33 bits per heavy atom. The third-order valence-corrected chi connectivity index (χ3v) is 1.86. The van der Waals surface area contributed by atoms with E-state index in [0.29, 0.717) is 13.0 Å². The van der Waals surface area contributed by atoms with E-state index in [0.717, 1.165) is 6.26 Å². The molecule has 0 radical (unpaired) electrons. The number of amides is 1. The van der Waals surface area contributed by atoms with E-state index in [-0.39, 0.29) is 12.5 Å². The molecule has 0 aliphatic rings. The smallest absolute Gasteiger partial charge is 0.219 e. The molecule has 12 heavy (non-hydrogen) atoms. The highest BCUT2D eigenvalue weighted by Crippen LogP contribution is 1.74. The van der Waals surface area contributed by atoms with Crippen molar-refractivity contribution in [1.29, 1.82) is 0 Å². The number of carbonyl (C=O) groups excluding carboxylic acids is 1. The van der Waals surface area contributed by atoms with Crippen molar-refractivity contribution in [3.05, 3.63) is 0 Å². The van der Waals surface area contributed by atoms with Crippen molar-refractivity contribution in [3.8, 4) is 0 Å². The summed E-state index contributed by atoms with van der Waals surface area (Å²) in [6.45, 7) is 2.31. The van der Waals surface area contributed by atoms with Crippen LogP contribution in [0.3, 0.4) is 0 Å². The summed E-state index contributed by atoms with van der Waals surface area (Å²) in [5, 5.41) is 2.54. The second-order valence-electron chi connectivity index (χ2n) is 2.37. The zero-order valence-corrected chi connectivity index (χ0v) is 8.07. The van der Waals surface area contributed by atoms with Crippen molar-refractivity contribution in [2.24, 2.45) is 0 Å². The molecule has 0 heterocycles. The van der Waals surface area contributed by atoms with Crippen LogP contribution in [0.4, 0.5) is 0 Å². The molecule has 0 aromatic rings. The highest BCUT2D eigenvalue weighted by atomic mass is 32.2. The van der Waals surface area contributed by atoms with Crippen molar-refractivity contribution in [2.75, 3.05) is 19.3 Å². The summed E-state index contributed by atoms with van der Waals surface area (Å²) in [5.41, 5.74) is 0. The molecule has 0 aromatic heterocycles. The maximum atomic E-state index is 10.6. The van der Waals surface area contributed by atoms with Crippen LogP contribution in [0.15, 0.2) is 0 Å². The van der Waals surface area contributed by atoms with Crippen LogP contribution in [0.5, 0.6) is 0 Å². The van der Waals surface area contributed by atoms with Crippen LogP contribution in [0.2, 0.25) is 0 Å². The fourth-order valence-corrected chi connectivity index (χ4v) is 1.04. The Labute approximate surface area is 72.6 Å². The largest absolute Gasteiger partial charge is 0.355 e. The number of hydrogen-bond donors (Lipinski definition) is 2. The van der Waals surface area contributed by atoms with Crippen LogP contribution in [-0.4, -0.2) is 33.7 Å². The number of nitrogens with one attached hydrogen (secondary N) is 2. The average Bonchev–Trinajstić information content (AvgIpc) is 1.96. The van der Waals surface area contributed by atoms with Gasteiger partial charge in [0.05, 0.1) is 6.26 Å². The van der Waals surface area contributed by atoms with Crippen LogP contribution in [0, 0.1) is 0 Å². The van der Waals surface area contributed by atoms with Gasteiger partial charge in [0.25, 0.3) is 0 Å². The Morgan fingerprint density at radius 2 is 1.92 bits per heavy atom. The highest BCUT2D eigenvalue weighted by Gasteiger charge is 1.99. The van der Waals surface area contributed by atoms with Crippen LogP contribution >= 0.6 is 0 Å². The fourth-order valence-electron chi connectivity index (χ4n) is 0.563. The molecule has 0 aliphatic carbocycles. The second-order valence-corrected chi connectivity index (χ2v) is 4.20. The molecule has 0 aromatic carbocycles. The van der Waals surface area contributed by atoms with Gasteiger partial charge in [-0.05, 0) is 0 Å². The van der Waals surface area contributed by atoms with Crippen molar-refractivity contribution < 1.29 is 13.2 Å². The zero-order chi connectivity index (χ0) is 9.61. The van der Waals surface area contributed by atoms with E-state index in [4.69, 9.17) is 0 Å². The van der Waals surface area contributed by atoms with Gasteiger partial charge in [0.2, 0.25) is 15.9 Å². The summed E-state index contributed by atoms with van der Waals surface area (Å²) < 4.78 is 23.3. The molecule has 0 atom stereocenters. The molecule has 1 amide bonds. The molecule has 0 fully saturated rings. The molecule has 0 aliphatic heterocycles. The van der Waals surface area contributed by atoms with E-state index in [9.17, 15) is 13.2 Å². The van der Waals surface area contributed by atoms with E-state index in [1.165, 1.54) is 0 Å². The summed E-state index contributed by atoms with van der Waals surface area (Å²) in [4.78, 5) is 10.6. The molecule has 0 saturated heterocycles. The number of rotatable bonds is 5. The standard InChI is InChI=1S/C6H14N2O3S/c1-3-6(9)7-4-5-8-12(2,10)11/h8H,3-5H2,1-2H3,(H,7,9). The molecule has 0 bridgehead atoms. The summed E-state index contributed by atoms with van der Waals surface area (Å²) in [5.74, 6) is -0.0784. The van der Waals surface area contributed by atoms with E-state index in [1.807, 2.05) is 0 Å². The van der Waals surface area contributed by atoms with Crippen molar-refractivity contribution in [2.45, 2.75) is 13.3 Å². The van der Waals surface area contributed by atoms with E-state index >= 15 is 0 Å². The minimum atomic E-state index is -3.13. The van der Waals surface area contributed by atoms with Crippen LogP contribution in [0.1, 0.15) is 13.3 Å².